The number of nitrogens with zero attached hydrogens (tertiary/aromatic N) is 3. The predicted octanol–water partition coefficient (Wildman–Crippen LogP) is 2.33. The Kier molecular flexibility index (Phi) is 2.84. The summed E-state index contributed by atoms with van der Waals surface area (Å²) < 4.78 is 2.44. The van der Waals surface area contributed by atoms with Crippen LogP contribution in [0.2, 0.25) is 0 Å². The zero-order valence-corrected chi connectivity index (χ0v) is 11.5. The molecule has 0 amide bonds. The molecule has 18 heavy (non-hydrogen) atoms. The van der Waals surface area contributed by atoms with Gasteiger partial charge < -0.3 is 9.88 Å². The monoisotopic (exact) mass is 264 g/mol. The minimum absolute atomic E-state index is 0.717. The zero-order chi connectivity index (χ0) is 11.9. The largest absolute Gasteiger partial charge is 0.313 e. The van der Waals surface area contributed by atoms with Gasteiger partial charge in [0, 0.05) is 30.3 Å². The third-order valence-electron chi connectivity index (χ3n) is 3.89. The first-order valence-electron chi connectivity index (χ1n) is 7.23. The first-order chi connectivity index (χ1) is 8.92. The molecule has 0 aliphatic heterocycles. The van der Waals surface area contributed by atoms with Crippen LogP contribution in [-0.4, -0.2) is 33.1 Å². The third kappa shape index (κ3) is 2.43. The summed E-state index contributed by atoms with van der Waals surface area (Å²) >= 11 is 1.88. The predicted molar refractivity (Wildman–Crippen MR) is 72.0 cm³/mol. The molecule has 3 aliphatic rings. The van der Waals surface area contributed by atoms with Gasteiger partial charge in [-0.05, 0) is 38.5 Å². The normalized spacial score (nSPS) is 23.6. The average Bonchev–Trinajstić information content (AvgIpc) is 3.24. The van der Waals surface area contributed by atoms with Crippen molar-refractivity contribution < 1.29 is 0 Å². The van der Waals surface area contributed by atoms with E-state index in [1.165, 1.54) is 44.3 Å². The first-order valence-corrected chi connectivity index (χ1v) is 8.21. The van der Waals surface area contributed by atoms with Crippen LogP contribution in [0, 0.1) is 0 Å². The molecule has 0 unspecified atom stereocenters. The van der Waals surface area contributed by atoms with Crippen molar-refractivity contribution in [1.29, 1.82) is 0 Å². The Morgan fingerprint density at radius 2 is 1.94 bits per heavy atom. The lowest BCUT2D eigenvalue weighted by atomic mass is 10.4. The summed E-state index contributed by atoms with van der Waals surface area (Å²) in [5.41, 5.74) is 0. The van der Waals surface area contributed by atoms with Gasteiger partial charge >= 0.3 is 0 Å². The van der Waals surface area contributed by atoms with E-state index in [4.69, 9.17) is 0 Å². The van der Waals surface area contributed by atoms with Crippen LogP contribution in [0.3, 0.4) is 0 Å². The maximum absolute atomic E-state index is 4.44. The van der Waals surface area contributed by atoms with Crippen LogP contribution in [-0.2, 0) is 0 Å². The Bertz CT molecular complexity index is 432. The van der Waals surface area contributed by atoms with Crippen molar-refractivity contribution in [2.45, 2.75) is 61.7 Å². The molecular weight excluding hydrogens is 244 g/mol. The Morgan fingerprint density at radius 1 is 1.11 bits per heavy atom. The molecule has 0 atom stereocenters. The molecule has 3 aliphatic carbocycles. The highest BCUT2D eigenvalue weighted by Crippen LogP contribution is 2.45. The van der Waals surface area contributed by atoms with Gasteiger partial charge in [0.2, 0.25) is 0 Å². The van der Waals surface area contributed by atoms with E-state index >= 15 is 0 Å². The molecule has 0 aromatic carbocycles. The fourth-order valence-electron chi connectivity index (χ4n) is 2.38. The average molecular weight is 264 g/mol. The summed E-state index contributed by atoms with van der Waals surface area (Å²) in [4.78, 5) is 0. The fraction of sp³-hybridized carbons (Fsp3) is 0.846. The summed E-state index contributed by atoms with van der Waals surface area (Å²) in [6.45, 7) is 1.10. The Balaban J connectivity index is 1.39. The summed E-state index contributed by atoms with van der Waals surface area (Å²) in [5, 5.41) is 13.6. The van der Waals surface area contributed by atoms with Crippen LogP contribution in [0.25, 0.3) is 0 Å². The molecule has 3 saturated carbocycles. The maximum Gasteiger partial charge on any atom is 0.191 e. The van der Waals surface area contributed by atoms with Gasteiger partial charge in [0.15, 0.2) is 5.16 Å². The molecule has 98 valence electrons. The third-order valence-corrected chi connectivity index (χ3v) is 4.83. The van der Waals surface area contributed by atoms with Crippen LogP contribution in [0.5, 0.6) is 0 Å². The topological polar surface area (TPSA) is 42.7 Å². The smallest absolute Gasteiger partial charge is 0.191 e. The summed E-state index contributed by atoms with van der Waals surface area (Å²) in [7, 11) is 0. The number of hydrogen-bond donors (Lipinski definition) is 1. The van der Waals surface area contributed by atoms with Gasteiger partial charge in [-0.25, -0.2) is 0 Å². The molecule has 1 N–H and O–H groups in total. The van der Waals surface area contributed by atoms with E-state index in [9.17, 15) is 0 Å². The van der Waals surface area contributed by atoms with Gasteiger partial charge in [-0.2, -0.15) is 0 Å². The molecule has 3 fully saturated rings. The Morgan fingerprint density at radius 3 is 2.61 bits per heavy atom. The van der Waals surface area contributed by atoms with E-state index in [0.29, 0.717) is 0 Å². The van der Waals surface area contributed by atoms with Gasteiger partial charge in [-0.15, -0.1) is 10.2 Å². The second kappa shape index (κ2) is 4.53. The number of rotatable bonds is 7. The standard InChI is InChI=1S/C13H20N4S/c1-2-9(1)12-15-16-13(17(12)11-5-6-11)18-8-7-14-10-3-4-10/h9-11,14H,1-8H2. The van der Waals surface area contributed by atoms with Crippen LogP contribution >= 0.6 is 11.8 Å². The second-order valence-electron chi connectivity index (χ2n) is 5.79. The summed E-state index contributed by atoms with van der Waals surface area (Å²) in [5.74, 6) is 3.11. The molecular formula is C13H20N4S. The van der Waals surface area contributed by atoms with Crippen molar-refractivity contribution in [3.05, 3.63) is 5.82 Å². The highest BCUT2D eigenvalue weighted by atomic mass is 32.2. The van der Waals surface area contributed by atoms with E-state index < -0.39 is 0 Å². The molecule has 4 nitrogen and oxygen atoms in total. The highest BCUT2D eigenvalue weighted by molar-refractivity contribution is 7.99. The van der Waals surface area contributed by atoms with E-state index in [1.807, 2.05) is 11.8 Å². The van der Waals surface area contributed by atoms with E-state index in [2.05, 4.69) is 20.1 Å². The first kappa shape index (κ1) is 11.3. The SMILES string of the molecule is C(CSc1nnc(C2CC2)n1C1CC1)NC1CC1. The van der Waals surface area contributed by atoms with E-state index in [1.54, 1.807) is 0 Å². The lowest BCUT2D eigenvalue weighted by molar-refractivity contribution is 0.626. The van der Waals surface area contributed by atoms with E-state index in [0.717, 1.165) is 35.5 Å². The minimum atomic E-state index is 0.717. The van der Waals surface area contributed by atoms with Crippen molar-refractivity contribution in [3.8, 4) is 0 Å². The molecule has 1 aromatic rings. The molecule has 0 radical (unpaired) electrons. The number of thioether (sulfide) groups is 1. The van der Waals surface area contributed by atoms with Crippen molar-refractivity contribution in [2.24, 2.45) is 0 Å². The fourth-order valence-corrected chi connectivity index (χ4v) is 3.26. The minimum Gasteiger partial charge on any atom is -0.313 e. The highest BCUT2D eigenvalue weighted by Gasteiger charge is 2.36. The molecule has 0 bridgehead atoms. The summed E-state index contributed by atoms with van der Waals surface area (Å²) in [6, 6.07) is 1.53. The van der Waals surface area contributed by atoms with Gasteiger partial charge in [0.1, 0.15) is 5.82 Å². The summed E-state index contributed by atoms with van der Waals surface area (Å²) in [6.07, 6.45) is 8.03. The van der Waals surface area contributed by atoms with Crippen LogP contribution < -0.4 is 5.32 Å². The lowest BCUT2D eigenvalue weighted by Gasteiger charge is -2.08. The van der Waals surface area contributed by atoms with Crippen molar-refractivity contribution in [1.82, 2.24) is 20.1 Å². The Hall–Kier alpha value is -0.550. The zero-order valence-electron chi connectivity index (χ0n) is 10.6. The quantitative estimate of drug-likeness (QED) is 0.606. The van der Waals surface area contributed by atoms with Gasteiger partial charge in [0.25, 0.3) is 0 Å². The maximum atomic E-state index is 4.44. The van der Waals surface area contributed by atoms with Crippen LogP contribution in [0.15, 0.2) is 5.16 Å². The molecule has 0 spiro atoms. The van der Waals surface area contributed by atoms with Crippen LogP contribution in [0.1, 0.15) is 56.3 Å². The van der Waals surface area contributed by atoms with Gasteiger partial charge in [-0.3, -0.25) is 0 Å². The van der Waals surface area contributed by atoms with Crippen molar-refractivity contribution >= 4 is 11.8 Å². The van der Waals surface area contributed by atoms with Crippen molar-refractivity contribution in [2.75, 3.05) is 12.3 Å². The second-order valence-corrected chi connectivity index (χ2v) is 6.86. The van der Waals surface area contributed by atoms with Gasteiger partial charge in [0.05, 0.1) is 0 Å². The Labute approximate surface area is 112 Å². The number of aromatic nitrogens is 3. The molecule has 4 rings (SSSR count). The lowest BCUT2D eigenvalue weighted by Crippen LogP contribution is -2.19. The van der Waals surface area contributed by atoms with Crippen LogP contribution in [0.4, 0.5) is 0 Å². The number of nitrogens with one attached hydrogen (secondary N) is 1. The molecule has 1 aromatic heterocycles. The van der Waals surface area contributed by atoms with Crippen molar-refractivity contribution in [3.63, 3.8) is 0 Å². The number of hydrogen-bond acceptors (Lipinski definition) is 4. The molecule has 5 heteroatoms. The molecule has 1 heterocycles. The van der Waals surface area contributed by atoms with E-state index in [-0.39, 0.29) is 0 Å². The van der Waals surface area contributed by atoms with Gasteiger partial charge in [-0.1, -0.05) is 11.8 Å². The molecule has 0 saturated heterocycles.